The molecule has 0 saturated heterocycles. The van der Waals surface area contributed by atoms with Crippen LogP contribution in [0.15, 0.2) is 18.5 Å². The summed E-state index contributed by atoms with van der Waals surface area (Å²) in [5, 5.41) is 11.5. The zero-order chi connectivity index (χ0) is 12.3. The predicted molar refractivity (Wildman–Crippen MR) is 68.3 cm³/mol. The molecule has 2 rings (SSSR count). The molecular weight excluding hydrogens is 216 g/mol. The van der Waals surface area contributed by atoms with Gasteiger partial charge >= 0.3 is 0 Å². The zero-order valence-electron chi connectivity index (χ0n) is 10.4. The number of aromatic amines is 1. The first kappa shape index (κ1) is 11.5. The molecule has 0 aliphatic carbocycles. The van der Waals surface area contributed by atoms with Gasteiger partial charge < -0.3 is 15.2 Å². The predicted octanol–water partition coefficient (Wildman–Crippen LogP) is 0.864. The van der Waals surface area contributed by atoms with E-state index in [2.05, 4.69) is 26.6 Å². The average Bonchev–Trinajstić information content (AvgIpc) is 2.89. The molecule has 0 aromatic carbocycles. The highest BCUT2D eigenvalue weighted by atomic mass is 15.4. The van der Waals surface area contributed by atoms with Gasteiger partial charge in [-0.3, -0.25) is 4.57 Å². The van der Waals surface area contributed by atoms with E-state index in [9.17, 15) is 0 Å². The van der Waals surface area contributed by atoms with Crippen molar-refractivity contribution in [3.63, 3.8) is 0 Å². The fourth-order valence-corrected chi connectivity index (χ4v) is 1.70. The molecule has 0 aliphatic rings. The molecule has 0 amide bonds. The lowest BCUT2D eigenvalue weighted by Gasteiger charge is -2.11. The van der Waals surface area contributed by atoms with Crippen LogP contribution in [-0.4, -0.2) is 40.4 Å². The second-order valence-electron chi connectivity index (χ2n) is 4.17. The van der Waals surface area contributed by atoms with Gasteiger partial charge in [0.15, 0.2) is 0 Å². The van der Waals surface area contributed by atoms with Crippen molar-refractivity contribution in [1.29, 1.82) is 0 Å². The maximum atomic E-state index is 4.11. The minimum Gasteiger partial charge on any atom is -0.367 e. The Morgan fingerprint density at radius 1 is 1.41 bits per heavy atom. The molecule has 17 heavy (non-hydrogen) atoms. The molecule has 2 heterocycles. The fraction of sp³-hybridized carbons (Fsp3) is 0.455. The highest BCUT2D eigenvalue weighted by molar-refractivity contribution is 5.37. The molecule has 2 aromatic rings. The number of hydrogen-bond acceptors (Lipinski definition) is 4. The molecule has 2 aromatic heterocycles. The smallest absolute Gasteiger partial charge is 0.227 e. The topological polar surface area (TPSA) is 61.8 Å². The number of hydrogen-bond donors (Lipinski definition) is 2. The minimum absolute atomic E-state index is 0.796. The van der Waals surface area contributed by atoms with Crippen molar-refractivity contribution >= 4 is 11.9 Å². The van der Waals surface area contributed by atoms with Crippen molar-refractivity contribution in [3.8, 4) is 0 Å². The fourth-order valence-electron chi connectivity index (χ4n) is 1.70. The second kappa shape index (κ2) is 4.90. The molecule has 0 bridgehead atoms. The van der Waals surface area contributed by atoms with E-state index in [1.807, 2.05) is 43.0 Å². The van der Waals surface area contributed by atoms with Gasteiger partial charge in [-0.1, -0.05) is 0 Å². The van der Waals surface area contributed by atoms with E-state index in [-0.39, 0.29) is 0 Å². The average molecular weight is 234 g/mol. The largest absolute Gasteiger partial charge is 0.367 e. The maximum absolute atomic E-state index is 4.11. The minimum atomic E-state index is 0.796. The van der Waals surface area contributed by atoms with Crippen LogP contribution in [0.4, 0.5) is 11.9 Å². The number of nitrogens with one attached hydrogen (secondary N) is 2. The summed E-state index contributed by atoms with van der Waals surface area (Å²) in [7, 11) is 5.86. The number of anilines is 2. The van der Waals surface area contributed by atoms with E-state index < -0.39 is 0 Å². The summed E-state index contributed by atoms with van der Waals surface area (Å²) < 4.78 is 1.94. The Morgan fingerprint density at radius 3 is 2.82 bits per heavy atom. The van der Waals surface area contributed by atoms with Crippen LogP contribution in [0.1, 0.15) is 5.56 Å². The highest BCUT2D eigenvalue weighted by Crippen LogP contribution is 2.11. The number of aromatic nitrogens is 4. The third-order valence-corrected chi connectivity index (χ3v) is 2.61. The number of rotatable bonds is 5. The van der Waals surface area contributed by atoms with Crippen LogP contribution in [0.25, 0.3) is 0 Å². The molecule has 0 unspecified atom stereocenters. The van der Waals surface area contributed by atoms with E-state index in [4.69, 9.17) is 0 Å². The van der Waals surface area contributed by atoms with Gasteiger partial charge in [0.2, 0.25) is 11.9 Å². The van der Waals surface area contributed by atoms with Crippen LogP contribution in [0, 0.1) is 0 Å². The van der Waals surface area contributed by atoms with Crippen LogP contribution < -0.4 is 10.2 Å². The molecule has 92 valence electrons. The molecule has 2 N–H and O–H groups in total. The van der Waals surface area contributed by atoms with E-state index in [1.54, 1.807) is 0 Å². The number of H-pyrrole nitrogens is 1. The summed E-state index contributed by atoms with van der Waals surface area (Å²) >= 11 is 0. The van der Waals surface area contributed by atoms with Crippen LogP contribution in [0.5, 0.6) is 0 Å². The Labute approximate surface area is 101 Å². The molecule has 0 fully saturated rings. The van der Waals surface area contributed by atoms with Gasteiger partial charge in [-0.2, -0.15) is 0 Å². The SMILES string of the molecule is CN(C)c1nnc(NCCc2cc[nH]c2)n1C. The van der Waals surface area contributed by atoms with Crippen molar-refractivity contribution in [2.45, 2.75) is 6.42 Å². The molecule has 0 aliphatic heterocycles. The molecule has 0 radical (unpaired) electrons. The lowest BCUT2D eigenvalue weighted by atomic mass is 10.2. The van der Waals surface area contributed by atoms with Gasteiger partial charge in [0, 0.05) is 40.1 Å². The molecule has 0 atom stereocenters. The zero-order valence-corrected chi connectivity index (χ0v) is 10.4. The van der Waals surface area contributed by atoms with Crippen molar-refractivity contribution in [1.82, 2.24) is 19.7 Å². The first-order valence-corrected chi connectivity index (χ1v) is 5.60. The van der Waals surface area contributed by atoms with E-state index in [1.165, 1.54) is 5.56 Å². The second-order valence-corrected chi connectivity index (χ2v) is 4.17. The van der Waals surface area contributed by atoms with Crippen LogP contribution in [-0.2, 0) is 13.5 Å². The summed E-state index contributed by atoms with van der Waals surface area (Å²) in [5.41, 5.74) is 1.28. The Balaban J connectivity index is 1.91. The summed E-state index contributed by atoms with van der Waals surface area (Å²) in [6.07, 6.45) is 4.90. The van der Waals surface area contributed by atoms with Crippen molar-refractivity contribution in [2.75, 3.05) is 30.9 Å². The van der Waals surface area contributed by atoms with Gasteiger partial charge in [0.1, 0.15) is 0 Å². The standard InChI is InChI=1S/C11H18N6/c1-16(2)11-15-14-10(17(11)3)13-7-5-9-4-6-12-8-9/h4,6,8,12H,5,7H2,1-3H3,(H,13,14). The quantitative estimate of drug-likeness (QED) is 0.805. The maximum Gasteiger partial charge on any atom is 0.227 e. The van der Waals surface area contributed by atoms with Gasteiger partial charge in [0.05, 0.1) is 0 Å². The van der Waals surface area contributed by atoms with Crippen LogP contribution in [0.3, 0.4) is 0 Å². The van der Waals surface area contributed by atoms with Gasteiger partial charge in [-0.05, 0) is 18.1 Å². The molecule has 0 saturated carbocycles. The van der Waals surface area contributed by atoms with E-state index >= 15 is 0 Å². The molecule has 0 spiro atoms. The van der Waals surface area contributed by atoms with Crippen LogP contribution >= 0.6 is 0 Å². The Morgan fingerprint density at radius 2 is 2.24 bits per heavy atom. The molecule has 6 nitrogen and oxygen atoms in total. The first-order chi connectivity index (χ1) is 8.18. The summed E-state index contributed by atoms with van der Waals surface area (Å²) in [6, 6.07) is 2.07. The summed E-state index contributed by atoms with van der Waals surface area (Å²) in [5.74, 6) is 1.64. The van der Waals surface area contributed by atoms with Gasteiger partial charge in [-0.25, -0.2) is 0 Å². The van der Waals surface area contributed by atoms with E-state index in [0.717, 1.165) is 24.9 Å². The lowest BCUT2D eigenvalue weighted by molar-refractivity contribution is 0.859. The Kier molecular flexibility index (Phi) is 3.32. The summed E-state index contributed by atoms with van der Waals surface area (Å²) in [6.45, 7) is 0.844. The molecule has 6 heteroatoms. The van der Waals surface area contributed by atoms with Crippen molar-refractivity contribution in [3.05, 3.63) is 24.0 Å². The van der Waals surface area contributed by atoms with Crippen LogP contribution in [0.2, 0.25) is 0 Å². The summed E-state index contributed by atoms with van der Waals surface area (Å²) in [4.78, 5) is 4.98. The highest BCUT2D eigenvalue weighted by Gasteiger charge is 2.08. The van der Waals surface area contributed by atoms with Crippen molar-refractivity contribution in [2.24, 2.45) is 7.05 Å². The first-order valence-electron chi connectivity index (χ1n) is 5.60. The van der Waals surface area contributed by atoms with Gasteiger partial charge in [-0.15, -0.1) is 10.2 Å². The lowest BCUT2D eigenvalue weighted by Crippen LogP contribution is -2.15. The van der Waals surface area contributed by atoms with Gasteiger partial charge in [0.25, 0.3) is 0 Å². The third kappa shape index (κ3) is 2.58. The number of nitrogens with zero attached hydrogens (tertiary/aromatic N) is 4. The monoisotopic (exact) mass is 234 g/mol. The normalized spacial score (nSPS) is 10.5. The third-order valence-electron chi connectivity index (χ3n) is 2.61. The van der Waals surface area contributed by atoms with E-state index in [0.29, 0.717) is 0 Å². The Hall–Kier alpha value is -1.98. The Bertz CT molecular complexity index is 456. The van der Waals surface area contributed by atoms with Crippen molar-refractivity contribution < 1.29 is 0 Å². The molecular formula is C11H18N6.